The Balaban J connectivity index is 2.46. The van der Waals surface area contributed by atoms with E-state index in [1.54, 1.807) is 0 Å². The molecule has 0 saturated carbocycles. The van der Waals surface area contributed by atoms with Crippen molar-refractivity contribution in [1.29, 1.82) is 0 Å². The molecule has 134 valence electrons. The Morgan fingerprint density at radius 1 is 1.28 bits per heavy atom. The van der Waals surface area contributed by atoms with E-state index in [4.69, 9.17) is 11.6 Å². The number of anilines is 1. The van der Waals surface area contributed by atoms with Crippen molar-refractivity contribution in [3.63, 3.8) is 0 Å². The quantitative estimate of drug-likeness (QED) is 0.426. The number of benzene rings is 2. The van der Waals surface area contributed by atoms with Crippen molar-refractivity contribution < 1.29 is 22.1 Å². The molecule has 2 rings (SSSR count). The van der Waals surface area contributed by atoms with Crippen LogP contribution >= 0.6 is 23.4 Å². The molecule has 0 atom stereocenters. The molecule has 11 heteroatoms. The first-order valence-corrected chi connectivity index (χ1v) is 9.37. The first-order chi connectivity index (χ1) is 11.6. The molecule has 0 aromatic heterocycles. The number of alkyl halides is 2. The molecular weight excluding hydrogens is 398 g/mol. The molecule has 0 heterocycles. The van der Waals surface area contributed by atoms with Crippen molar-refractivity contribution in [2.75, 3.05) is 4.72 Å². The third-order valence-corrected chi connectivity index (χ3v) is 5.67. The van der Waals surface area contributed by atoms with Crippen LogP contribution in [-0.4, -0.2) is 19.1 Å². The third kappa shape index (κ3) is 4.59. The molecule has 1 N–H and O–H groups in total. The van der Waals surface area contributed by atoms with Gasteiger partial charge in [-0.1, -0.05) is 35.5 Å². The number of nitro groups is 1. The zero-order valence-electron chi connectivity index (χ0n) is 12.6. The van der Waals surface area contributed by atoms with E-state index in [2.05, 4.69) is 4.72 Å². The molecule has 0 bridgehead atoms. The zero-order chi connectivity index (χ0) is 18.8. The molecule has 0 aliphatic heterocycles. The maximum atomic E-state index is 12.6. The summed E-state index contributed by atoms with van der Waals surface area (Å²) in [7, 11) is -4.26. The fraction of sp³-hybridized carbons (Fsp3) is 0.143. The third-order valence-electron chi connectivity index (χ3n) is 3.14. The molecule has 0 fully saturated rings. The van der Waals surface area contributed by atoms with Gasteiger partial charge < -0.3 is 0 Å². The Morgan fingerprint density at radius 3 is 2.52 bits per heavy atom. The average molecular weight is 409 g/mol. The number of thioether (sulfide) groups is 1. The second kappa shape index (κ2) is 7.54. The summed E-state index contributed by atoms with van der Waals surface area (Å²) in [4.78, 5) is 9.87. The second-order valence-corrected chi connectivity index (χ2v) is 7.91. The van der Waals surface area contributed by atoms with E-state index < -0.39 is 31.3 Å². The number of sulfonamides is 1. The lowest BCUT2D eigenvalue weighted by molar-refractivity contribution is -0.385. The van der Waals surface area contributed by atoms with E-state index in [1.165, 1.54) is 31.2 Å². The lowest BCUT2D eigenvalue weighted by atomic mass is 10.2. The van der Waals surface area contributed by atoms with Gasteiger partial charge in [0.15, 0.2) is 0 Å². The van der Waals surface area contributed by atoms with E-state index in [9.17, 15) is 27.3 Å². The maximum absolute atomic E-state index is 12.6. The van der Waals surface area contributed by atoms with E-state index >= 15 is 0 Å². The number of halogens is 3. The standard InChI is InChI=1S/C14H11ClF2N2O4S2/c1-8-10(15)6-9(7-12(8)19(20)21)25(22,23)18-11-4-2-3-5-13(11)24-14(16)17/h2-7,14,18H,1H3. The van der Waals surface area contributed by atoms with Crippen LogP contribution in [0.1, 0.15) is 5.56 Å². The Hall–Kier alpha value is -1.91. The van der Waals surface area contributed by atoms with Crippen molar-refractivity contribution in [3.8, 4) is 0 Å². The minimum absolute atomic E-state index is 0.0220. The molecule has 2 aromatic rings. The number of nitro benzene ring substituents is 1. The van der Waals surface area contributed by atoms with Gasteiger partial charge in [-0.25, -0.2) is 8.42 Å². The number of nitrogens with one attached hydrogen (secondary N) is 1. The first kappa shape index (κ1) is 19.4. The van der Waals surface area contributed by atoms with Crippen LogP contribution in [0.4, 0.5) is 20.2 Å². The van der Waals surface area contributed by atoms with E-state index in [0.717, 1.165) is 12.1 Å². The van der Waals surface area contributed by atoms with E-state index in [1.807, 2.05) is 0 Å². The Bertz CT molecular complexity index is 923. The Labute approximate surface area is 151 Å². The molecule has 6 nitrogen and oxygen atoms in total. The van der Waals surface area contributed by atoms with Crippen molar-refractivity contribution in [3.05, 3.63) is 57.1 Å². The summed E-state index contributed by atoms with van der Waals surface area (Å²) in [5, 5.41) is 10.9. The molecule has 2 aromatic carbocycles. The van der Waals surface area contributed by atoms with Crippen LogP contribution in [0.25, 0.3) is 0 Å². The number of rotatable bonds is 6. The summed E-state index contributed by atoms with van der Waals surface area (Å²) in [5.41, 5.74) is -0.394. The highest BCUT2D eigenvalue weighted by Gasteiger charge is 2.23. The normalized spacial score (nSPS) is 11.6. The van der Waals surface area contributed by atoms with Crippen LogP contribution in [0.15, 0.2) is 46.2 Å². The van der Waals surface area contributed by atoms with E-state index in [-0.39, 0.29) is 32.9 Å². The van der Waals surface area contributed by atoms with Gasteiger partial charge in [0.1, 0.15) is 0 Å². The topological polar surface area (TPSA) is 89.3 Å². The minimum Gasteiger partial charge on any atom is -0.278 e. The molecule has 0 saturated heterocycles. The lowest BCUT2D eigenvalue weighted by Gasteiger charge is -2.12. The van der Waals surface area contributed by atoms with Gasteiger partial charge in [0, 0.05) is 16.5 Å². The van der Waals surface area contributed by atoms with Gasteiger partial charge in [-0.3, -0.25) is 14.8 Å². The first-order valence-electron chi connectivity index (χ1n) is 6.63. The van der Waals surface area contributed by atoms with Crippen LogP contribution < -0.4 is 4.72 Å². The number of para-hydroxylation sites is 1. The smallest absolute Gasteiger partial charge is 0.278 e. The van der Waals surface area contributed by atoms with Crippen LogP contribution in [0, 0.1) is 17.0 Å². The number of hydrogen-bond donors (Lipinski definition) is 1. The lowest BCUT2D eigenvalue weighted by Crippen LogP contribution is -2.14. The summed E-state index contributed by atoms with van der Waals surface area (Å²) in [6.45, 7) is 1.39. The van der Waals surface area contributed by atoms with Gasteiger partial charge >= 0.3 is 0 Å². The second-order valence-electron chi connectivity index (χ2n) is 4.79. The Kier molecular flexibility index (Phi) is 5.86. The van der Waals surface area contributed by atoms with Gasteiger partial charge in [-0.2, -0.15) is 8.78 Å². The van der Waals surface area contributed by atoms with Gasteiger partial charge in [0.25, 0.3) is 21.5 Å². The maximum Gasteiger partial charge on any atom is 0.288 e. The van der Waals surface area contributed by atoms with Crippen LogP contribution in [0.2, 0.25) is 5.02 Å². The largest absolute Gasteiger partial charge is 0.288 e. The summed E-state index contributed by atoms with van der Waals surface area (Å²) < 4.78 is 52.3. The van der Waals surface area contributed by atoms with E-state index in [0.29, 0.717) is 0 Å². The highest BCUT2D eigenvalue weighted by atomic mass is 35.5. The highest BCUT2D eigenvalue weighted by molar-refractivity contribution is 7.99. The number of nitrogens with zero attached hydrogens (tertiary/aromatic N) is 1. The van der Waals surface area contributed by atoms with Gasteiger partial charge in [-0.15, -0.1) is 0 Å². The SMILES string of the molecule is Cc1c(Cl)cc(S(=O)(=O)Nc2ccccc2SC(F)F)cc1[N+](=O)[O-]. The fourth-order valence-corrected chi connectivity index (χ4v) is 4.00. The molecule has 0 unspecified atom stereocenters. The average Bonchev–Trinajstić information content (AvgIpc) is 2.50. The summed E-state index contributed by atoms with van der Waals surface area (Å²) >= 11 is 6.05. The molecule has 0 spiro atoms. The molecule has 25 heavy (non-hydrogen) atoms. The Morgan fingerprint density at radius 2 is 1.92 bits per heavy atom. The monoisotopic (exact) mass is 408 g/mol. The molecule has 0 aliphatic rings. The van der Waals surface area contributed by atoms with Gasteiger partial charge in [-0.05, 0) is 25.1 Å². The minimum atomic E-state index is -4.26. The van der Waals surface area contributed by atoms with Gasteiger partial charge in [0.2, 0.25) is 0 Å². The van der Waals surface area contributed by atoms with Crippen LogP contribution in [0.3, 0.4) is 0 Å². The fourth-order valence-electron chi connectivity index (χ4n) is 1.94. The van der Waals surface area contributed by atoms with Crippen LogP contribution in [0.5, 0.6) is 0 Å². The zero-order valence-corrected chi connectivity index (χ0v) is 15.0. The summed E-state index contributed by atoms with van der Waals surface area (Å²) in [5.74, 6) is -2.74. The number of hydrogen-bond acceptors (Lipinski definition) is 5. The van der Waals surface area contributed by atoms with Gasteiger partial charge in [0.05, 0.1) is 20.5 Å². The van der Waals surface area contributed by atoms with Crippen molar-refractivity contribution >= 4 is 44.8 Å². The highest BCUT2D eigenvalue weighted by Crippen LogP contribution is 2.34. The molecule has 0 amide bonds. The van der Waals surface area contributed by atoms with Crippen molar-refractivity contribution in [2.24, 2.45) is 0 Å². The van der Waals surface area contributed by atoms with Crippen LogP contribution in [-0.2, 0) is 10.0 Å². The molecule has 0 radical (unpaired) electrons. The summed E-state index contributed by atoms with van der Waals surface area (Å²) in [6.07, 6.45) is 0. The predicted octanol–water partition coefficient (Wildman–Crippen LogP) is 4.67. The summed E-state index contributed by atoms with van der Waals surface area (Å²) in [6, 6.07) is 7.53. The van der Waals surface area contributed by atoms with Crippen molar-refractivity contribution in [2.45, 2.75) is 22.5 Å². The molecule has 0 aliphatic carbocycles. The predicted molar refractivity (Wildman–Crippen MR) is 92.0 cm³/mol. The molecular formula is C14H11ClF2N2O4S2. The van der Waals surface area contributed by atoms with Crippen molar-refractivity contribution in [1.82, 2.24) is 0 Å².